The third-order valence-electron chi connectivity index (χ3n) is 7.28. The highest BCUT2D eigenvalue weighted by Gasteiger charge is 2.38. The maximum absolute atomic E-state index is 6.03. The summed E-state index contributed by atoms with van der Waals surface area (Å²) in [6.45, 7) is 5.40. The van der Waals surface area contributed by atoms with Gasteiger partial charge < -0.3 is 29.2 Å². The highest BCUT2D eigenvalue weighted by Crippen LogP contribution is 2.43. The maximum Gasteiger partial charge on any atom is 0.193 e. The van der Waals surface area contributed by atoms with Crippen LogP contribution in [0.15, 0.2) is 23.2 Å². The van der Waals surface area contributed by atoms with Gasteiger partial charge in [0.15, 0.2) is 17.5 Å². The van der Waals surface area contributed by atoms with Crippen LogP contribution in [0, 0.1) is 0 Å². The number of morpholine rings is 1. The lowest BCUT2D eigenvalue weighted by Gasteiger charge is -2.38. The van der Waals surface area contributed by atoms with Crippen molar-refractivity contribution in [2.75, 3.05) is 53.1 Å². The first-order valence-electron chi connectivity index (χ1n) is 11.9. The molecule has 1 aromatic rings. The predicted octanol–water partition coefficient (Wildman–Crippen LogP) is 3.34. The molecule has 5 rings (SSSR count). The summed E-state index contributed by atoms with van der Waals surface area (Å²) in [5.41, 5.74) is 1.45. The molecule has 1 saturated carbocycles. The number of benzene rings is 1. The van der Waals surface area contributed by atoms with Gasteiger partial charge in [0, 0.05) is 38.7 Å². The van der Waals surface area contributed by atoms with E-state index in [1.807, 2.05) is 7.05 Å². The summed E-state index contributed by atoms with van der Waals surface area (Å²) < 4.78 is 23.5. The van der Waals surface area contributed by atoms with Crippen LogP contribution in [-0.4, -0.2) is 76.2 Å². The van der Waals surface area contributed by atoms with Gasteiger partial charge >= 0.3 is 0 Å². The van der Waals surface area contributed by atoms with Crippen LogP contribution in [0.5, 0.6) is 11.5 Å². The third-order valence-corrected chi connectivity index (χ3v) is 7.28. The molecule has 7 nitrogen and oxygen atoms in total. The molecule has 8 heteroatoms. The van der Waals surface area contributed by atoms with E-state index in [1.165, 1.54) is 31.2 Å². The van der Waals surface area contributed by atoms with Crippen molar-refractivity contribution in [3.63, 3.8) is 0 Å². The normalized spacial score (nSPS) is 27.2. The Morgan fingerprint density at radius 2 is 1.81 bits per heavy atom. The number of rotatable bonds is 4. The Morgan fingerprint density at radius 3 is 2.56 bits per heavy atom. The molecule has 2 atom stereocenters. The van der Waals surface area contributed by atoms with E-state index >= 15 is 0 Å². The largest absolute Gasteiger partial charge is 0.486 e. The summed E-state index contributed by atoms with van der Waals surface area (Å²) >= 11 is 0. The predicted molar refractivity (Wildman–Crippen MR) is 135 cm³/mol. The molecule has 0 spiro atoms. The van der Waals surface area contributed by atoms with E-state index in [1.54, 1.807) is 0 Å². The first-order chi connectivity index (χ1) is 15.3. The van der Waals surface area contributed by atoms with Crippen LogP contribution in [0.25, 0.3) is 0 Å². The van der Waals surface area contributed by atoms with Crippen LogP contribution in [0.3, 0.4) is 0 Å². The minimum Gasteiger partial charge on any atom is -0.486 e. The smallest absolute Gasteiger partial charge is 0.193 e. The molecule has 178 valence electrons. The highest BCUT2D eigenvalue weighted by atomic mass is 127. The molecule has 2 saturated heterocycles. The number of nitrogens with one attached hydrogen (secondary N) is 1. The molecular weight excluding hydrogens is 521 g/mol. The Labute approximate surface area is 208 Å². The van der Waals surface area contributed by atoms with Crippen molar-refractivity contribution in [1.82, 2.24) is 10.2 Å². The summed E-state index contributed by atoms with van der Waals surface area (Å²) in [5, 5.41) is 3.72. The number of halogens is 1. The summed E-state index contributed by atoms with van der Waals surface area (Å²) in [7, 11) is 1.88. The van der Waals surface area contributed by atoms with Crippen molar-refractivity contribution in [3.05, 3.63) is 23.8 Å². The van der Waals surface area contributed by atoms with Crippen molar-refractivity contribution < 1.29 is 18.9 Å². The van der Waals surface area contributed by atoms with E-state index in [9.17, 15) is 0 Å². The minimum atomic E-state index is 0. The van der Waals surface area contributed by atoms with Crippen LogP contribution < -0.4 is 14.8 Å². The summed E-state index contributed by atoms with van der Waals surface area (Å²) in [6.07, 6.45) is 7.46. The SMILES string of the molecule is CN=C(NCC1(c2ccc3c(c2)OCCO3)CCCC1)N1CCOC(C2CCCO2)C1.I. The van der Waals surface area contributed by atoms with Crippen molar-refractivity contribution in [2.45, 2.75) is 56.1 Å². The molecule has 0 amide bonds. The van der Waals surface area contributed by atoms with Gasteiger partial charge in [0.05, 0.1) is 12.7 Å². The molecule has 1 N–H and O–H groups in total. The Morgan fingerprint density at radius 1 is 1.03 bits per heavy atom. The van der Waals surface area contributed by atoms with Crippen LogP contribution in [0.4, 0.5) is 0 Å². The number of hydrogen-bond acceptors (Lipinski definition) is 5. The summed E-state index contributed by atoms with van der Waals surface area (Å²) in [5.74, 6) is 2.71. The van der Waals surface area contributed by atoms with E-state index in [0.717, 1.165) is 63.1 Å². The molecular formula is C24H36IN3O4. The van der Waals surface area contributed by atoms with Gasteiger partial charge in [-0.05, 0) is 43.4 Å². The molecule has 0 bridgehead atoms. The first kappa shape index (κ1) is 23.9. The fourth-order valence-corrected chi connectivity index (χ4v) is 5.56. The Balaban J connectivity index is 0.00000245. The number of hydrogen-bond donors (Lipinski definition) is 1. The first-order valence-corrected chi connectivity index (χ1v) is 11.9. The van der Waals surface area contributed by atoms with E-state index in [0.29, 0.717) is 13.2 Å². The van der Waals surface area contributed by atoms with Crippen molar-refractivity contribution in [3.8, 4) is 11.5 Å². The van der Waals surface area contributed by atoms with Crippen molar-refractivity contribution in [2.24, 2.45) is 4.99 Å². The lowest BCUT2D eigenvalue weighted by Crippen LogP contribution is -2.54. The second-order valence-corrected chi connectivity index (χ2v) is 9.15. The monoisotopic (exact) mass is 557 g/mol. The number of fused-ring (bicyclic) bond motifs is 1. The number of aliphatic imine (C=N–C) groups is 1. The molecule has 3 aliphatic heterocycles. The van der Waals surface area contributed by atoms with Gasteiger partial charge in [-0.15, -0.1) is 24.0 Å². The Bertz CT molecular complexity index is 793. The average Bonchev–Trinajstić information content (AvgIpc) is 3.53. The summed E-state index contributed by atoms with van der Waals surface area (Å²) in [4.78, 5) is 6.95. The highest BCUT2D eigenvalue weighted by molar-refractivity contribution is 14.0. The van der Waals surface area contributed by atoms with Gasteiger partial charge in [-0.25, -0.2) is 0 Å². The molecule has 4 aliphatic rings. The van der Waals surface area contributed by atoms with Crippen LogP contribution in [0.1, 0.15) is 44.1 Å². The van der Waals surface area contributed by atoms with Gasteiger partial charge in [-0.1, -0.05) is 18.9 Å². The lowest BCUT2D eigenvalue weighted by molar-refractivity contribution is -0.0817. The van der Waals surface area contributed by atoms with Gasteiger partial charge in [0.2, 0.25) is 0 Å². The Kier molecular flexibility index (Phi) is 8.04. The van der Waals surface area contributed by atoms with Gasteiger partial charge in [0.25, 0.3) is 0 Å². The fraction of sp³-hybridized carbons (Fsp3) is 0.708. The fourth-order valence-electron chi connectivity index (χ4n) is 5.56. The van der Waals surface area contributed by atoms with E-state index in [-0.39, 0.29) is 41.6 Å². The van der Waals surface area contributed by atoms with Gasteiger partial charge in [-0.3, -0.25) is 4.99 Å². The average molecular weight is 557 g/mol. The second kappa shape index (κ2) is 10.8. The zero-order valence-corrected chi connectivity index (χ0v) is 21.3. The Hall–Kier alpha value is -1.26. The topological polar surface area (TPSA) is 64.6 Å². The standard InChI is InChI=1S/C24H35N3O4.HI/c1-25-23(27-10-12-29-22(16-27)19-5-4-11-28-19)26-17-24(8-2-3-9-24)18-6-7-20-21(15-18)31-14-13-30-20;/h6-7,15,19,22H,2-5,8-14,16-17H2,1H3,(H,25,26);1H. The van der Waals surface area contributed by atoms with Crippen LogP contribution in [0.2, 0.25) is 0 Å². The third kappa shape index (κ3) is 4.97. The second-order valence-electron chi connectivity index (χ2n) is 9.15. The zero-order chi connectivity index (χ0) is 21.1. The van der Waals surface area contributed by atoms with Gasteiger partial charge in [-0.2, -0.15) is 0 Å². The van der Waals surface area contributed by atoms with E-state index < -0.39 is 0 Å². The van der Waals surface area contributed by atoms with Crippen LogP contribution in [-0.2, 0) is 14.9 Å². The van der Waals surface area contributed by atoms with Gasteiger partial charge in [0.1, 0.15) is 19.3 Å². The zero-order valence-electron chi connectivity index (χ0n) is 19.0. The maximum atomic E-state index is 6.03. The van der Waals surface area contributed by atoms with E-state index in [2.05, 4.69) is 33.4 Å². The molecule has 2 unspecified atom stereocenters. The quantitative estimate of drug-likeness (QED) is 0.348. The van der Waals surface area contributed by atoms with Crippen molar-refractivity contribution in [1.29, 1.82) is 0 Å². The lowest BCUT2D eigenvalue weighted by atomic mass is 9.78. The summed E-state index contributed by atoms with van der Waals surface area (Å²) in [6, 6.07) is 6.50. The minimum absolute atomic E-state index is 0. The molecule has 0 radical (unpaired) electrons. The molecule has 0 aromatic heterocycles. The molecule has 1 aliphatic carbocycles. The molecule has 3 heterocycles. The van der Waals surface area contributed by atoms with Crippen LogP contribution >= 0.6 is 24.0 Å². The van der Waals surface area contributed by atoms with Crippen molar-refractivity contribution >= 4 is 29.9 Å². The number of ether oxygens (including phenoxy) is 4. The van der Waals surface area contributed by atoms with E-state index in [4.69, 9.17) is 18.9 Å². The molecule has 32 heavy (non-hydrogen) atoms. The number of nitrogens with zero attached hydrogens (tertiary/aromatic N) is 2. The number of guanidine groups is 1. The molecule has 1 aromatic carbocycles. The molecule has 3 fully saturated rings.